The Morgan fingerprint density at radius 2 is 1.65 bits per heavy atom. The number of hydrogen-bond acceptors (Lipinski definition) is 3. The Morgan fingerprint density at radius 3 is 2.65 bits per heavy atom. The maximum absolute atomic E-state index is 5.14. The Labute approximate surface area is 177 Å². The van der Waals surface area contributed by atoms with Crippen molar-refractivity contribution in [1.82, 2.24) is 19.4 Å². The molecule has 0 saturated heterocycles. The Hall–Kier alpha value is -4.05. The monoisotopic (exact) mass is 396 g/mol. The van der Waals surface area contributed by atoms with Gasteiger partial charge in [-0.1, -0.05) is 24.3 Å². The van der Waals surface area contributed by atoms with Crippen LogP contribution in [0.1, 0.15) is 22.4 Å². The van der Waals surface area contributed by atoms with Gasteiger partial charge < -0.3 is 0 Å². The molecule has 0 aliphatic heterocycles. The first-order valence-corrected chi connectivity index (χ1v) is 10.6. The van der Waals surface area contributed by atoms with Crippen LogP contribution in [0.4, 0.5) is 0 Å². The first-order valence-electron chi connectivity index (χ1n) is 10.6. The largest absolute Gasteiger partial charge is 0.291 e. The first-order chi connectivity index (χ1) is 15.4. The molecule has 0 fully saturated rings. The van der Waals surface area contributed by atoms with Crippen molar-refractivity contribution in [2.45, 2.75) is 12.8 Å². The van der Waals surface area contributed by atoms with E-state index in [9.17, 15) is 0 Å². The van der Waals surface area contributed by atoms with Crippen LogP contribution in [0.2, 0.25) is 0 Å². The summed E-state index contributed by atoms with van der Waals surface area (Å²) in [4.78, 5) is 14.2. The molecule has 4 heteroatoms. The smallest absolute Gasteiger partial charge is 0.147 e. The summed E-state index contributed by atoms with van der Waals surface area (Å²) in [5.41, 5.74) is 13.7. The van der Waals surface area contributed by atoms with Gasteiger partial charge in [-0.05, 0) is 64.6 Å². The van der Waals surface area contributed by atoms with Gasteiger partial charge in [0.05, 0.1) is 22.4 Å². The van der Waals surface area contributed by atoms with E-state index in [0.717, 1.165) is 46.0 Å². The fraction of sp³-hybridized carbons (Fsp3) is 0.0741. The molecule has 2 aliphatic carbocycles. The van der Waals surface area contributed by atoms with E-state index in [0.29, 0.717) is 0 Å². The van der Waals surface area contributed by atoms with E-state index in [-0.39, 0.29) is 0 Å². The highest BCUT2D eigenvalue weighted by atomic mass is 15.0. The molecule has 6 aromatic rings. The molecule has 2 aromatic carbocycles. The summed E-state index contributed by atoms with van der Waals surface area (Å²) in [6, 6.07) is 19.8. The second-order valence-corrected chi connectivity index (χ2v) is 8.54. The molecule has 0 spiro atoms. The van der Waals surface area contributed by atoms with E-state index in [4.69, 9.17) is 4.98 Å². The number of nitrogens with zero attached hydrogens (tertiary/aromatic N) is 4. The van der Waals surface area contributed by atoms with Crippen LogP contribution >= 0.6 is 0 Å². The van der Waals surface area contributed by atoms with Crippen LogP contribution in [0.5, 0.6) is 0 Å². The number of rotatable bonds is 0. The van der Waals surface area contributed by atoms with E-state index in [2.05, 4.69) is 62.9 Å². The summed E-state index contributed by atoms with van der Waals surface area (Å²) >= 11 is 0. The van der Waals surface area contributed by atoms with E-state index in [1.807, 2.05) is 24.7 Å². The normalized spacial score (nSPS) is 13.5. The molecule has 2 aliphatic rings. The van der Waals surface area contributed by atoms with E-state index in [1.165, 1.54) is 39.1 Å². The fourth-order valence-electron chi connectivity index (χ4n) is 5.62. The van der Waals surface area contributed by atoms with Gasteiger partial charge in [0.15, 0.2) is 0 Å². The second kappa shape index (κ2) is 5.35. The predicted octanol–water partition coefficient (Wildman–Crippen LogP) is 5.57. The van der Waals surface area contributed by atoms with Crippen molar-refractivity contribution in [3.8, 4) is 22.4 Å². The SMILES string of the molecule is c1ccc2c(c1)Cc1cc3c(cc1-2)Cc1nc2c4cccnc4c4cnccc4n2c1-3. The van der Waals surface area contributed by atoms with E-state index < -0.39 is 0 Å². The van der Waals surface area contributed by atoms with Crippen molar-refractivity contribution in [2.75, 3.05) is 0 Å². The maximum atomic E-state index is 5.14. The average molecular weight is 396 g/mol. The highest BCUT2D eigenvalue weighted by molar-refractivity contribution is 6.10. The van der Waals surface area contributed by atoms with Gasteiger partial charge in [-0.3, -0.25) is 14.4 Å². The quantitative estimate of drug-likeness (QED) is 0.315. The Kier molecular flexibility index (Phi) is 2.72. The van der Waals surface area contributed by atoms with Crippen LogP contribution in [0.25, 0.3) is 49.8 Å². The van der Waals surface area contributed by atoms with Crippen LogP contribution < -0.4 is 0 Å². The first kappa shape index (κ1) is 15.7. The summed E-state index contributed by atoms with van der Waals surface area (Å²) < 4.78 is 2.33. The van der Waals surface area contributed by atoms with Gasteiger partial charge in [0, 0.05) is 41.3 Å². The summed E-state index contributed by atoms with van der Waals surface area (Å²) in [6.45, 7) is 0. The third-order valence-corrected chi connectivity index (χ3v) is 6.92. The number of pyridine rings is 3. The highest BCUT2D eigenvalue weighted by Crippen LogP contribution is 2.46. The zero-order chi connectivity index (χ0) is 20.1. The summed E-state index contributed by atoms with van der Waals surface area (Å²) in [7, 11) is 0. The van der Waals surface area contributed by atoms with Crippen LogP contribution in [0, 0.1) is 0 Å². The van der Waals surface area contributed by atoms with Crippen LogP contribution in [0.15, 0.2) is 73.2 Å². The van der Waals surface area contributed by atoms with Gasteiger partial charge >= 0.3 is 0 Å². The molecular weight excluding hydrogens is 380 g/mol. The second-order valence-electron chi connectivity index (χ2n) is 8.54. The van der Waals surface area contributed by atoms with Gasteiger partial charge in [0.1, 0.15) is 5.65 Å². The molecule has 4 heterocycles. The fourth-order valence-corrected chi connectivity index (χ4v) is 5.62. The molecule has 31 heavy (non-hydrogen) atoms. The van der Waals surface area contributed by atoms with Crippen molar-refractivity contribution in [3.05, 3.63) is 95.6 Å². The number of hydrogen-bond donors (Lipinski definition) is 0. The third kappa shape index (κ3) is 1.88. The highest BCUT2D eigenvalue weighted by Gasteiger charge is 2.30. The van der Waals surface area contributed by atoms with Crippen molar-refractivity contribution in [2.24, 2.45) is 0 Å². The minimum atomic E-state index is 0.871. The molecule has 0 radical (unpaired) electrons. The minimum absolute atomic E-state index is 0.871. The molecule has 0 atom stereocenters. The summed E-state index contributed by atoms with van der Waals surface area (Å²) in [5.74, 6) is 0. The van der Waals surface area contributed by atoms with Gasteiger partial charge in [-0.15, -0.1) is 0 Å². The molecule has 4 nitrogen and oxygen atoms in total. The van der Waals surface area contributed by atoms with Gasteiger partial charge in [-0.2, -0.15) is 0 Å². The molecular formula is C27H16N4. The van der Waals surface area contributed by atoms with Crippen LogP contribution in [0.3, 0.4) is 0 Å². The zero-order valence-electron chi connectivity index (χ0n) is 16.6. The number of imidazole rings is 1. The lowest BCUT2D eigenvalue weighted by Crippen LogP contribution is -1.96. The Balaban J connectivity index is 1.49. The lowest BCUT2D eigenvalue weighted by molar-refractivity contribution is 1.16. The van der Waals surface area contributed by atoms with Crippen molar-refractivity contribution < 1.29 is 0 Å². The summed E-state index contributed by atoms with van der Waals surface area (Å²) in [6.07, 6.45) is 7.50. The summed E-state index contributed by atoms with van der Waals surface area (Å²) in [5, 5.41) is 2.14. The van der Waals surface area contributed by atoms with Crippen molar-refractivity contribution >= 4 is 27.5 Å². The van der Waals surface area contributed by atoms with E-state index in [1.54, 1.807) is 0 Å². The van der Waals surface area contributed by atoms with Crippen LogP contribution in [-0.2, 0) is 12.8 Å². The molecule has 0 N–H and O–H groups in total. The van der Waals surface area contributed by atoms with Crippen molar-refractivity contribution in [1.29, 1.82) is 0 Å². The predicted molar refractivity (Wildman–Crippen MR) is 122 cm³/mol. The number of aromatic nitrogens is 4. The van der Waals surface area contributed by atoms with Gasteiger partial charge in [0.25, 0.3) is 0 Å². The Morgan fingerprint density at radius 1 is 0.742 bits per heavy atom. The van der Waals surface area contributed by atoms with E-state index >= 15 is 0 Å². The number of benzene rings is 2. The third-order valence-electron chi connectivity index (χ3n) is 6.92. The van der Waals surface area contributed by atoms with Crippen LogP contribution in [-0.4, -0.2) is 19.4 Å². The lowest BCUT2D eigenvalue weighted by atomic mass is 9.99. The number of fused-ring (bicyclic) bond motifs is 13. The molecule has 144 valence electrons. The van der Waals surface area contributed by atoms with Crippen molar-refractivity contribution in [3.63, 3.8) is 0 Å². The zero-order valence-corrected chi connectivity index (χ0v) is 16.6. The average Bonchev–Trinajstić information content (AvgIpc) is 3.47. The molecule has 8 rings (SSSR count). The molecule has 0 amide bonds. The van der Waals surface area contributed by atoms with Gasteiger partial charge in [-0.25, -0.2) is 4.98 Å². The molecule has 0 saturated carbocycles. The maximum Gasteiger partial charge on any atom is 0.147 e. The molecule has 0 bridgehead atoms. The topological polar surface area (TPSA) is 43.1 Å². The molecule has 4 aromatic heterocycles. The standard InChI is InChI=1S/C27H16N4/c1-2-5-18-15(4-1)10-16-12-21-17(11-20(16)18)13-23-26(21)31-24-7-9-28-14-22(24)25-19(27(31)30-23)6-3-8-29-25/h1-9,11-12,14H,10,13H2. The lowest BCUT2D eigenvalue weighted by Gasteiger charge is -2.11. The van der Waals surface area contributed by atoms with Gasteiger partial charge in [0.2, 0.25) is 0 Å². The minimum Gasteiger partial charge on any atom is -0.291 e. The molecule has 0 unspecified atom stereocenters. The Bertz CT molecular complexity index is 1740.